The van der Waals surface area contributed by atoms with Crippen molar-refractivity contribution in [3.05, 3.63) is 11.6 Å². The highest BCUT2D eigenvalue weighted by atomic mass is 16.7. The highest BCUT2D eigenvalue weighted by Gasteiger charge is 2.72. The smallest absolute Gasteiger partial charge is 0.187 e. The fourth-order valence-corrected chi connectivity index (χ4v) is 13.0. The molecule has 0 bridgehead atoms. The van der Waals surface area contributed by atoms with Gasteiger partial charge in [-0.25, -0.2) is 0 Å². The van der Waals surface area contributed by atoms with E-state index in [1.54, 1.807) is 0 Å². The van der Waals surface area contributed by atoms with Gasteiger partial charge in [-0.15, -0.1) is 0 Å². The number of aliphatic hydroxyl groups is 10. The molecule has 2 aliphatic heterocycles. The second kappa shape index (κ2) is 16.2. The summed E-state index contributed by atoms with van der Waals surface area (Å²) in [4.78, 5) is 0. The highest BCUT2D eigenvalue weighted by molar-refractivity contribution is 5.20. The zero-order chi connectivity index (χ0) is 41.4. The number of ether oxygens (including phenoxy) is 4. The quantitative estimate of drug-likeness (QED) is 0.110. The van der Waals surface area contributed by atoms with Crippen molar-refractivity contribution in [1.29, 1.82) is 0 Å². The molecule has 0 spiro atoms. The predicted molar refractivity (Wildman–Crippen MR) is 202 cm³/mol. The maximum Gasteiger partial charge on any atom is 0.187 e. The van der Waals surface area contributed by atoms with Crippen LogP contribution in [-0.2, 0) is 18.9 Å². The molecule has 6 aliphatic rings. The average Bonchev–Trinajstić information content (AvgIpc) is 3.52. The molecule has 0 aromatic heterocycles. The molecule has 0 aromatic rings. The lowest BCUT2D eigenvalue weighted by Crippen LogP contribution is -2.69. The summed E-state index contributed by atoms with van der Waals surface area (Å²) in [7, 11) is 0. The van der Waals surface area contributed by atoms with Crippen LogP contribution in [0.5, 0.6) is 0 Å². The Balaban J connectivity index is 1.38. The molecule has 2 heterocycles. The van der Waals surface area contributed by atoms with Gasteiger partial charge in [0.1, 0.15) is 48.8 Å². The number of fused-ring (bicyclic) bond motifs is 5. The topological polar surface area (TPSA) is 239 Å². The fourth-order valence-electron chi connectivity index (χ4n) is 13.0. The fraction of sp³-hybridized carbons (Fsp3) is 0.952. The second-order valence-corrected chi connectivity index (χ2v) is 20.1. The molecule has 324 valence electrons. The SMILES string of the molecule is CC(C)=CCC[C@](C)(O[C@@H]1O[C@H](CO)[C@@H](O)[C@H](O)[C@H]1O)[C@H]1CC[C@]2(C)[C@@H]1[C@H](O)C[C@@H]1C3[C@H](C)C[C@H](O)C(C)(C)[C@@H]3[C@@H](O[C@@H]3O[C@H](CO)[C@@H](O)[C@H](O)[C@H]3O)C[C@]12C. The average molecular weight is 801 g/mol. The first-order valence-corrected chi connectivity index (χ1v) is 21.0. The Labute approximate surface area is 331 Å². The molecule has 2 saturated heterocycles. The van der Waals surface area contributed by atoms with Crippen LogP contribution >= 0.6 is 0 Å². The molecular weight excluding hydrogens is 728 g/mol. The van der Waals surface area contributed by atoms with Crippen molar-refractivity contribution in [2.75, 3.05) is 13.2 Å². The Bertz CT molecular complexity index is 1390. The molecule has 0 amide bonds. The van der Waals surface area contributed by atoms with Crippen LogP contribution in [0.3, 0.4) is 0 Å². The normalized spacial score (nSPS) is 52.6. The van der Waals surface area contributed by atoms with Gasteiger partial charge in [0.2, 0.25) is 0 Å². The first-order valence-electron chi connectivity index (χ1n) is 21.0. The lowest BCUT2D eigenvalue weighted by atomic mass is 9.37. The second-order valence-electron chi connectivity index (χ2n) is 20.1. The minimum absolute atomic E-state index is 0.00271. The summed E-state index contributed by atoms with van der Waals surface area (Å²) >= 11 is 0. The zero-order valence-electron chi connectivity index (χ0n) is 34.5. The van der Waals surface area contributed by atoms with Crippen molar-refractivity contribution in [3.63, 3.8) is 0 Å². The molecule has 22 atom stereocenters. The van der Waals surface area contributed by atoms with Crippen LogP contribution in [-0.4, -0.2) is 150 Å². The summed E-state index contributed by atoms with van der Waals surface area (Å²) in [5, 5.41) is 109. The Kier molecular flexibility index (Phi) is 13.0. The zero-order valence-corrected chi connectivity index (χ0v) is 34.5. The van der Waals surface area contributed by atoms with E-state index in [0.29, 0.717) is 38.5 Å². The molecule has 6 rings (SSSR count). The van der Waals surface area contributed by atoms with Gasteiger partial charge in [-0.1, -0.05) is 46.3 Å². The van der Waals surface area contributed by atoms with Crippen molar-refractivity contribution in [2.24, 2.45) is 51.8 Å². The standard InChI is InChI=1S/C42H72O14/c1-19(2)10-9-12-42(8,56-38-36(52)34(50)32(48)26(18-44)55-38)21-11-13-40(6)29(21)23(45)15-22-28-20(3)14-27(46)39(4,5)30(28)24(16-41(22,40)7)53-37-35(51)33(49)31(47)25(17-43)54-37/h10,20-38,43-52H,9,11-18H2,1-8H3/t20-,21+,22-,23-,24+,25-,26-,27+,28?,29+,30-,31-,32-,33+,34+,35-,36-,37-,38+,40-,41-,42+/m1/s1. The van der Waals surface area contributed by atoms with Crippen LogP contribution in [0.1, 0.15) is 100 Å². The van der Waals surface area contributed by atoms with Crippen LogP contribution in [0.25, 0.3) is 0 Å². The summed E-state index contributed by atoms with van der Waals surface area (Å²) < 4.78 is 25.4. The Morgan fingerprint density at radius 3 is 1.91 bits per heavy atom. The Morgan fingerprint density at radius 1 is 0.768 bits per heavy atom. The molecule has 10 N–H and O–H groups in total. The van der Waals surface area contributed by atoms with Crippen LogP contribution < -0.4 is 0 Å². The van der Waals surface area contributed by atoms with Crippen molar-refractivity contribution in [3.8, 4) is 0 Å². The van der Waals surface area contributed by atoms with Crippen molar-refractivity contribution >= 4 is 0 Å². The number of hydrogen-bond donors (Lipinski definition) is 10. The van der Waals surface area contributed by atoms with Crippen LogP contribution in [0, 0.1) is 51.8 Å². The number of aliphatic hydroxyl groups excluding tert-OH is 10. The molecular formula is C42H72O14. The van der Waals surface area contributed by atoms with Gasteiger partial charge in [0, 0.05) is 0 Å². The van der Waals surface area contributed by atoms with Crippen LogP contribution in [0.15, 0.2) is 11.6 Å². The van der Waals surface area contributed by atoms with E-state index in [2.05, 4.69) is 26.8 Å². The van der Waals surface area contributed by atoms with Crippen molar-refractivity contribution in [2.45, 2.75) is 186 Å². The largest absolute Gasteiger partial charge is 0.394 e. The molecule has 4 saturated carbocycles. The van der Waals surface area contributed by atoms with Gasteiger partial charge in [-0.05, 0) is 117 Å². The Morgan fingerprint density at radius 2 is 1.34 bits per heavy atom. The van der Waals surface area contributed by atoms with E-state index in [0.717, 1.165) is 12.0 Å². The number of hydrogen-bond acceptors (Lipinski definition) is 14. The van der Waals surface area contributed by atoms with E-state index in [1.165, 1.54) is 0 Å². The van der Waals surface area contributed by atoms with Gasteiger partial charge in [0.25, 0.3) is 0 Å². The predicted octanol–water partition coefficient (Wildman–Crippen LogP) is 0.976. The van der Waals surface area contributed by atoms with Gasteiger partial charge in [-0.2, -0.15) is 0 Å². The third-order valence-electron chi connectivity index (χ3n) is 16.4. The summed E-state index contributed by atoms with van der Waals surface area (Å²) in [6.45, 7) is 15.6. The summed E-state index contributed by atoms with van der Waals surface area (Å²) in [5.41, 5.74) is -1.43. The van der Waals surface area contributed by atoms with E-state index in [9.17, 15) is 51.1 Å². The first-order chi connectivity index (χ1) is 26.1. The Hall–Kier alpha value is -0.820. The van der Waals surface area contributed by atoms with Crippen LogP contribution in [0.2, 0.25) is 0 Å². The minimum atomic E-state index is -1.60. The molecule has 14 nitrogen and oxygen atoms in total. The van der Waals surface area contributed by atoms with Crippen LogP contribution in [0.4, 0.5) is 0 Å². The van der Waals surface area contributed by atoms with E-state index < -0.39 is 115 Å². The van der Waals surface area contributed by atoms with Gasteiger partial charge in [0.15, 0.2) is 12.6 Å². The molecule has 4 aliphatic carbocycles. The van der Waals surface area contributed by atoms with Gasteiger partial charge in [0.05, 0.1) is 37.1 Å². The molecule has 0 aromatic carbocycles. The van der Waals surface area contributed by atoms with Crippen molar-refractivity contribution < 1.29 is 70.0 Å². The lowest BCUT2D eigenvalue weighted by molar-refractivity contribution is -0.344. The maximum absolute atomic E-state index is 12.5. The van der Waals surface area contributed by atoms with E-state index >= 15 is 0 Å². The molecule has 6 fully saturated rings. The summed E-state index contributed by atoms with van der Waals surface area (Å²) in [5.74, 6) is -0.651. The monoisotopic (exact) mass is 800 g/mol. The van der Waals surface area contributed by atoms with Gasteiger partial charge < -0.3 is 70.0 Å². The first kappa shape index (κ1) is 44.7. The molecule has 56 heavy (non-hydrogen) atoms. The summed E-state index contributed by atoms with van der Waals surface area (Å²) in [6.07, 6.45) is -10.1. The highest BCUT2D eigenvalue weighted by Crippen LogP contribution is 2.74. The third-order valence-corrected chi connectivity index (χ3v) is 16.4. The molecule has 0 radical (unpaired) electrons. The lowest BCUT2D eigenvalue weighted by Gasteiger charge is -2.69. The van der Waals surface area contributed by atoms with E-state index in [4.69, 9.17) is 18.9 Å². The van der Waals surface area contributed by atoms with E-state index in [-0.39, 0.29) is 35.5 Å². The molecule has 14 heteroatoms. The van der Waals surface area contributed by atoms with Crippen molar-refractivity contribution in [1.82, 2.24) is 0 Å². The number of allylic oxidation sites excluding steroid dienone is 2. The van der Waals surface area contributed by atoms with E-state index in [1.807, 2.05) is 34.6 Å². The third kappa shape index (κ3) is 7.26. The number of rotatable bonds is 10. The minimum Gasteiger partial charge on any atom is -0.394 e. The summed E-state index contributed by atoms with van der Waals surface area (Å²) in [6, 6.07) is 0. The van der Waals surface area contributed by atoms with Gasteiger partial charge >= 0.3 is 0 Å². The molecule has 1 unspecified atom stereocenters. The van der Waals surface area contributed by atoms with Gasteiger partial charge in [-0.3, -0.25) is 0 Å². The maximum atomic E-state index is 12.5.